The van der Waals surface area contributed by atoms with Crippen LogP contribution in [0.5, 0.6) is 0 Å². The molecule has 8 nitrogen and oxygen atoms in total. The first-order valence-corrected chi connectivity index (χ1v) is 8.90. The highest BCUT2D eigenvalue weighted by atomic mass is 32.2. The number of amides is 1. The molecular weight excluding hydrogens is 354 g/mol. The first kappa shape index (κ1) is 18.0. The van der Waals surface area contributed by atoms with Crippen molar-refractivity contribution >= 4 is 34.5 Å². The van der Waals surface area contributed by atoms with Gasteiger partial charge >= 0.3 is 5.69 Å². The molecule has 0 fully saturated rings. The minimum atomic E-state index is -0.449. The van der Waals surface area contributed by atoms with E-state index in [4.69, 9.17) is 0 Å². The molecule has 0 aliphatic rings. The maximum Gasteiger partial charge on any atom is 0.332 e. The lowest BCUT2D eigenvalue weighted by molar-refractivity contribution is -0.113. The van der Waals surface area contributed by atoms with Crippen molar-refractivity contribution in [2.24, 2.45) is 21.1 Å². The fraction of sp³-hybridized carbons (Fsp3) is 0.294. The Bertz CT molecular complexity index is 1130. The van der Waals surface area contributed by atoms with Gasteiger partial charge in [-0.3, -0.25) is 18.7 Å². The van der Waals surface area contributed by atoms with Crippen LogP contribution in [0, 0.1) is 6.92 Å². The number of carbonyl (C=O) groups is 1. The Hall–Kier alpha value is -2.81. The molecule has 0 spiro atoms. The van der Waals surface area contributed by atoms with Crippen LogP contribution in [-0.2, 0) is 25.9 Å². The molecule has 9 heteroatoms. The predicted molar refractivity (Wildman–Crippen MR) is 102 cm³/mol. The average Bonchev–Trinajstić information content (AvgIpc) is 2.93. The second-order valence-corrected chi connectivity index (χ2v) is 6.98. The normalized spacial score (nSPS) is 11.1. The van der Waals surface area contributed by atoms with Gasteiger partial charge in [0.25, 0.3) is 5.56 Å². The van der Waals surface area contributed by atoms with Gasteiger partial charge in [-0.1, -0.05) is 23.9 Å². The van der Waals surface area contributed by atoms with Gasteiger partial charge in [0.1, 0.15) is 0 Å². The van der Waals surface area contributed by atoms with Crippen LogP contribution in [0.15, 0.2) is 39.0 Å². The van der Waals surface area contributed by atoms with E-state index in [1.165, 1.54) is 23.4 Å². The molecule has 0 bridgehead atoms. The molecule has 1 amide bonds. The van der Waals surface area contributed by atoms with Crippen molar-refractivity contribution in [3.8, 4) is 0 Å². The Morgan fingerprint density at radius 1 is 1.15 bits per heavy atom. The molecule has 0 saturated heterocycles. The van der Waals surface area contributed by atoms with E-state index in [-0.39, 0.29) is 17.2 Å². The van der Waals surface area contributed by atoms with Crippen LogP contribution in [-0.4, -0.2) is 30.3 Å². The minimum absolute atomic E-state index is 0.138. The third-order valence-corrected chi connectivity index (χ3v) is 5.09. The second-order valence-electron chi connectivity index (χ2n) is 6.04. The number of thioether (sulfide) groups is 1. The molecule has 0 unspecified atom stereocenters. The molecule has 26 heavy (non-hydrogen) atoms. The topological polar surface area (TPSA) is 90.9 Å². The molecule has 2 aromatic heterocycles. The van der Waals surface area contributed by atoms with Gasteiger partial charge in [-0.2, -0.15) is 0 Å². The van der Waals surface area contributed by atoms with E-state index >= 15 is 0 Å². The van der Waals surface area contributed by atoms with Gasteiger partial charge in [0.15, 0.2) is 16.3 Å². The van der Waals surface area contributed by atoms with E-state index < -0.39 is 11.2 Å². The molecule has 0 saturated carbocycles. The summed E-state index contributed by atoms with van der Waals surface area (Å²) in [4.78, 5) is 40.8. The van der Waals surface area contributed by atoms with Crippen LogP contribution >= 0.6 is 11.8 Å². The third-order valence-electron chi connectivity index (χ3n) is 4.06. The smallest absolute Gasteiger partial charge is 0.325 e. The quantitative estimate of drug-likeness (QED) is 0.689. The summed E-state index contributed by atoms with van der Waals surface area (Å²) in [5.74, 6) is -0.0335. The van der Waals surface area contributed by atoms with Gasteiger partial charge in [0.2, 0.25) is 5.91 Å². The number of aromatic nitrogens is 4. The van der Waals surface area contributed by atoms with Crippen molar-refractivity contribution in [3.63, 3.8) is 0 Å². The number of carbonyl (C=O) groups excluding carboxylic acids is 1. The zero-order valence-electron chi connectivity index (χ0n) is 14.9. The van der Waals surface area contributed by atoms with E-state index in [1.807, 2.05) is 31.2 Å². The van der Waals surface area contributed by atoms with Gasteiger partial charge in [-0.05, 0) is 24.6 Å². The number of benzene rings is 1. The summed E-state index contributed by atoms with van der Waals surface area (Å²) < 4.78 is 4.05. The van der Waals surface area contributed by atoms with Crippen LogP contribution < -0.4 is 16.6 Å². The number of nitrogens with zero attached hydrogens (tertiary/aromatic N) is 4. The molecule has 3 rings (SSSR count). The highest BCUT2D eigenvalue weighted by molar-refractivity contribution is 7.99. The van der Waals surface area contributed by atoms with Crippen LogP contribution in [0.25, 0.3) is 11.2 Å². The van der Waals surface area contributed by atoms with E-state index in [2.05, 4.69) is 10.3 Å². The maximum atomic E-state index is 12.3. The predicted octanol–water partition coefficient (Wildman–Crippen LogP) is 1.01. The number of fused-ring (bicyclic) bond motifs is 1. The van der Waals surface area contributed by atoms with E-state index in [0.29, 0.717) is 10.8 Å². The summed E-state index contributed by atoms with van der Waals surface area (Å²) in [6, 6.07) is 7.54. The second kappa shape index (κ2) is 6.83. The van der Waals surface area contributed by atoms with Crippen molar-refractivity contribution in [2.45, 2.75) is 12.1 Å². The molecule has 0 radical (unpaired) electrons. The summed E-state index contributed by atoms with van der Waals surface area (Å²) in [7, 11) is 4.72. The highest BCUT2D eigenvalue weighted by Gasteiger charge is 2.17. The van der Waals surface area contributed by atoms with Crippen molar-refractivity contribution in [1.29, 1.82) is 0 Å². The Labute approximate surface area is 153 Å². The van der Waals surface area contributed by atoms with Crippen LogP contribution in [0.1, 0.15) is 5.56 Å². The Kier molecular flexibility index (Phi) is 4.73. The van der Waals surface area contributed by atoms with Crippen molar-refractivity contribution in [1.82, 2.24) is 18.7 Å². The number of anilines is 1. The van der Waals surface area contributed by atoms with Gasteiger partial charge in [0.05, 0.1) is 5.75 Å². The fourth-order valence-electron chi connectivity index (χ4n) is 2.74. The van der Waals surface area contributed by atoms with Crippen LogP contribution in [0.3, 0.4) is 0 Å². The summed E-state index contributed by atoms with van der Waals surface area (Å²) >= 11 is 1.21. The number of hydrogen-bond donors (Lipinski definition) is 1. The van der Waals surface area contributed by atoms with E-state index in [9.17, 15) is 14.4 Å². The van der Waals surface area contributed by atoms with E-state index in [0.717, 1.165) is 15.8 Å². The highest BCUT2D eigenvalue weighted by Crippen LogP contribution is 2.20. The SMILES string of the molecule is Cc1cccc(NC(=O)CSc2nc3c(=O)n(C)c(=O)n(C)c3n2C)c1. The fourth-order valence-corrected chi connectivity index (χ4v) is 3.51. The lowest BCUT2D eigenvalue weighted by Crippen LogP contribution is -2.37. The third kappa shape index (κ3) is 3.17. The number of hydrogen-bond acceptors (Lipinski definition) is 5. The Morgan fingerprint density at radius 2 is 1.88 bits per heavy atom. The monoisotopic (exact) mass is 373 g/mol. The first-order chi connectivity index (χ1) is 12.3. The summed E-state index contributed by atoms with van der Waals surface area (Å²) in [5.41, 5.74) is 1.56. The number of nitrogens with one attached hydrogen (secondary N) is 1. The van der Waals surface area contributed by atoms with Crippen molar-refractivity contribution in [2.75, 3.05) is 11.1 Å². The molecular formula is C17H19N5O3S. The molecule has 1 N–H and O–H groups in total. The maximum absolute atomic E-state index is 12.3. The Morgan fingerprint density at radius 3 is 2.58 bits per heavy atom. The first-order valence-electron chi connectivity index (χ1n) is 7.91. The number of rotatable bonds is 4. The average molecular weight is 373 g/mol. The zero-order chi connectivity index (χ0) is 19.0. The van der Waals surface area contributed by atoms with Crippen LogP contribution in [0.4, 0.5) is 5.69 Å². The van der Waals surface area contributed by atoms with Gasteiger partial charge in [0, 0.05) is 26.8 Å². The molecule has 0 aliphatic heterocycles. The molecule has 1 aromatic carbocycles. The van der Waals surface area contributed by atoms with E-state index in [1.54, 1.807) is 18.7 Å². The molecule has 3 aromatic rings. The summed E-state index contributed by atoms with van der Waals surface area (Å²) in [6.45, 7) is 1.95. The van der Waals surface area contributed by atoms with Gasteiger partial charge in [-0.25, -0.2) is 9.78 Å². The molecule has 136 valence electrons. The van der Waals surface area contributed by atoms with Gasteiger partial charge < -0.3 is 9.88 Å². The lowest BCUT2D eigenvalue weighted by atomic mass is 10.2. The van der Waals surface area contributed by atoms with Crippen molar-refractivity contribution < 1.29 is 4.79 Å². The van der Waals surface area contributed by atoms with Crippen molar-refractivity contribution in [3.05, 3.63) is 50.7 Å². The number of aryl methyl sites for hydroxylation is 3. The zero-order valence-corrected chi connectivity index (χ0v) is 15.8. The standard InChI is InChI=1S/C17H19N5O3S/c1-10-6-5-7-11(8-10)18-12(23)9-26-16-19-13-14(20(16)2)21(3)17(25)22(4)15(13)24/h5-8H,9H2,1-4H3,(H,18,23). The Balaban J connectivity index is 1.84. The molecule has 2 heterocycles. The minimum Gasteiger partial charge on any atom is -0.325 e. The van der Waals surface area contributed by atoms with Gasteiger partial charge in [-0.15, -0.1) is 0 Å². The molecule has 0 atom stereocenters. The largest absolute Gasteiger partial charge is 0.332 e. The summed E-state index contributed by atoms with van der Waals surface area (Å²) in [6.07, 6.45) is 0. The lowest BCUT2D eigenvalue weighted by Gasteiger charge is -2.07. The molecule has 0 aliphatic carbocycles. The van der Waals surface area contributed by atoms with Crippen LogP contribution in [0.2, 0.25) is 0 Å². The summed E-state index contributed by atoms with van der Waals surface area (Å²) in [5, 5.41) is 3.33. The number of imidazole rings is 1.